The Kier molecular flexibility index (Phi) is 8.95. The van der Waals surface area contributed by atoms with Gasteiger partial charge in [-0.25, -0.2) is 4.98 Å². The molecule has 0 spiro atoms. The number of hydrogen-bond donors (Lipinski definition) is 0. The highest BCUT2D eigenvalue weighted by atomic mass is 16.5. The van der Waals surface area contributed by atoms with Crippen molar-refractivity contribution in [3.05, 3.63) is 266 Å². The van der Waals surface area contributed by atoms with Gasteiger partial charge in [0.2, 0.25) is 0 Å². The fourth-order valence-electron chi connectivity index (χ4n) is 10.4. The topological polar surface area (TPSA) is 42.8 Å². The van der Waals surface area contributed by atoms with E-state index in [0.717, 1.165) is 38.5 Å². The van der Waals surface area contributed by atoms with E-state index >= 15 is 0 Å². The van der Waals surface area contributed by atoms with Gasteiger partial charge in [0.25, 0.3) is 0 Å². The summed E-state index contributed by atoms with van der Waals surface area (Å²) in [4.78, 5) is 8.79. The first-order valence-electron chi connectivity index (χ1n) is 33.3. The van der Waals surface area contributed by atoms with Crippen LogP contribution in [0.15, 0.2) is 255 Å². The van der Waals surface area contributed by atoms with Crippen molar-refractivity contribution >= 4 is 44.6 Å². The standard InChI is InChI=1S/C72H58N4O2/c1-48(2)53-41-54(49(3)4)43-55(42-53)63-33-20-32-62(52-25-12-7-13-26-52)72(63)78-59-39-40-73-70(46-59)76-66-34-15-14-29-64(66)65-38-37-58(45-69(65)76)77-57-28-18-27-56(44-57)74-47-75(68-36-17-16-35-67(68)74)71-60(50-21-8-5-9-22-50)30-19-31-61(71)51-23-10-6-11-24-51/h5-46,48-49H,47H2,1-4H3/i5D,6D,7D,8D,9D,10D,11D,12D,13D,21D,22D,23D,24D,25D,26D. The lowest BCUT2D eigenvalue weighted by Crippen LogP contribution is -2.24. The number of benzene rings is 10. The van der Waals surface area contributed by atoms with Crippen LogP contribution in [-0.2, 0) is 0 Å². The molecule has 12 aromatic rings. The summed E-state index contributed by atoms with van der Waals surface area (Å²) < 4.78 is 148. The zero-order chi connectivity index (χ0) is 65.7. The molecule has 10 aromatic carbocycles. The van der Waals surface area contributed by atoms with Crippen LogP contribution >= 0.6 is 0 Å². The van der Waals surface area contributed by atoms with Gasteiger partial charge in [-0.15, -0.1) is 0 Å². The Morgan fingerprint density at radius 2 is 0.974 bits per heavy atom. The van der Waals surface area contributed by atoms with Crippen molar-refractivity contribution in [2.45, 2.75) is 39.5 Å². The van der Waals surface area contributed by atoms with Crippen LogP contribution in [0.5, 0.6) is 23.0 Å². The van der Waals surface area contributed by atoms with Crippen molar-refractivity contribution in [1.29, 1.82) is 0 Å². The van der Waals surface area contributed by atoms with Crippen molar-refractivity contribution in [1.82, 2.24) is 9.55 Å². The van der Waals surface area contributed by atoms with Crippen LogP contribution in [0.1, 0.15) is 71.2 Å². The molecule has 78 heavy (non-hydrogen) atoms. The number of para-hydroxylation sites is 5. The van der Waals surface area contributed by atoms with E-state index in [-0.39, 0.29) is 64.1 Å². The predicted octanol–water partition coefficient (Wildman–Crippen LogP) is 19.9. The van der Waals surface area contributed by atoms with Crippen LogP contribution < -0.4 is 19.3 Å². The van der Waals surface area contributed by atoms with Gasteiger partial charge in [-0.2, -0.15) is 0 Å². The maximum Gasteiger partial charge on any atom is 0.143 e. The Labute approximate surface area is 477 Å². The molecule has 378 valence electrons. The Bertz CT molecular complexity index is 4890. The second-order valence-corrected chi connectivity index (χ2v) is 19.7. The monoisotopic (exact) mass is 1030 g/mol. The largest absolute Gasteiger partial charge is 0.457 e. The molecule has 0 fully saturated rings. The summed E-state index contributed by atoms with van der Waals surface area (Å²) in [6.07, 6.45) is 1.64. The summed E-state index contributed by atoms with van der Waals surface area (Å²) in [6, 6.07) is 41.5. The molecule has 6 heteroatoms. The minimum Gasteiger partial charge on any atom is -0.457 e. The van der Waals surface area contributed by atoms with Crippen molar-refractivity contribution in [3.8, 4) is 73.3 Å². The van der Waals surface area contributed by atoms with Gasteiger partial charge in [0.05, 0.1) is 48.7 Å². The highest BCUT2D eigenvalue weighted by Crippen LogP contribution is 2.51. The van der Waals surface area contributed by atoms with E-state index < -0.39 is 78.6 Å². The van der Waals surface area contributed by atoms with Gasteiger partial charge in [0, 0.05) is 63.1 Å². The number of pyridine rings is 1. The van der Waals surface area contributed by atoms with E-state index in [4.69, 9.17) is 35.0 Å². The van der Waals surface area contributed by atoms with Crippen LogP contribution in [0, 0.1) is 0 Å². The zero-order valence-corrected chi connectivity index (χ0v) is 43.1. The molecule has 0 saturated carbocycles. The number of fused-ring (bicyclic) bond motifs is 4. The van der Waals surface area contributed by atoms with Crippen molar-refractivity contribution in [3.63, 3.8) is 0 Å². The third-order valence-electron chi connectivity index (χ3n) is 14.2. The molecule has 2 aromatic heterocycles. The predicted molar refractivity (Wildman–Crippen MR) is 324 cm³/mol. The fraction of sp³-hybridized carbons (Fsp3) is 0.0972. The number of rotatable bonds is 13. The molecule has 6 nitrogen and oxygen atoms in total. The molecule has 0 N–H and O–H groups in total. The van der Waals surface area contributed by atoms with Crippen LogP contribution in [-0.4, -0.2) is 16.2 Å². The number of hydrogen-bond acceptors (Lipinski definition) is 5. The third kappa shape index (κ3) is 9.01. The summed E-state index contributed by atoms with van der Waals surface area (Å²) in [5, 5.41) is 1.84. The maximum atomic E-state index is 9.12. The van der Waals surface area contributed by atoms with Gasteiger partial charge in [-0.1, -0.05) is 209 Å². The molecular weight excluding hydrogens is 953 g/mol. The summed E-state index contributed by atoms with van der Waals surface area (Å²) in [5.74, 6) is 2.47. The normalized spacial score (nSPS) is 14.9. The van der Waals surface area contributed by atoms with Crippen LogP contribution in [0.25, 0.3) is 72.1 Å². The van der Waals surface area contributed by atoms with E-state index in [1.54, 1.807) is 36.5 Å². The van der Waals surface area contributed by atoms with Gasteiger partial charge in [-0.3, -0.25) is 4.57 Å². The second kappa shape index (κ2) is 20.5. The van der Waals surface area contributed by atoms with Gasteiger partial charge in [0.15, 0.2) is 0 Å². The summed E-state index contributed by atoms with van der Waals surface area (Å²) in [6.45, 7) is 8.58. The smallest absolute Gasteiger partial charge is 0.143 e. The summed E-state index contributed by atoms with van der Waals surface area (Å²) in [7, 11) is 0. The molecule has 0 radical (unpaired) electrons. The lowest BCUT2D eigenvalue weighted by Gasteiger charge is -2.27. The minimum absolute atomic E-state index is 0.00384. The highest BCUT2D eigenvalue weighted by molar-refractivity contribution is 6.09. The van der Waals surface area contributed by atoms with Crippen molar-refractivity contribution in [2.24, 2.45) is 0 Å². The van der Waals surface area contributed by atoms with Crippen LogP contribution in [0.3, 0.4) is 0 Å². The molecule has 0 amide bonds. The number of anilines is 4. The summed E-state index contributed by atoms with van der Waals surface area (Å²) in [5.41, 5.74) is 7.99. The molecule has 1 aliphatic heterocycles. The van der Waals surface area contributed by atoms with Crippen LogP contribution in [0.4, 0.5) is 22.7 Å². The van der Waals surface area contributed by atoms with Crippen LogP contribution in [0.2, 0.25) is 0 Å². The third-order valence-corrected chi connectivity index (χ3v) is 14.2. The van der Waals surface area contributed by atoms with Crippen molar-refractivity contribution in [2.75, 3.05) is 16.5 Å². The highest BCUT2D eigenvalue weighted by Gasteiger charge is 2.31. The van der Waals surface area contributed by atoms with Gasteiger partial charge in [0.1, 0.15) is 35.5 Å². The second-order valence-electron chi connectivity index (χ2n) is 19.7. The van der Waals surface area contributed by atoms with Crippen molar-refractivity contribution < 1.29 is 30.0 Å². The molecule has 0 unspecified atom stereocenters. The van der Waals surface area contributed by atoms with Gasteiger partial charge >= 0.3 is 0 Å². The van der Waals surface area contributed by atoms with E-state index in [1.807, 2.05) is 124 Å². The number of aromatic nitrogens is 2. The lowest BCUT2D eigenvalue weighted by atomic mass is 9.89. The lowest BCUT2D eigenvalue weighted by molar-refractivity contribution is 0.483. The molecule has 0 atom stereocenters. The summed E-state index contributed by atoms with van der Waals surface area (Å²) >= 11 is 0. The van der Waals surface area contributed by atoms with E-state index in [1.165, 1.54) is 0 Å². The fourth-order valence-corrected chi connectivity index (χ4v) is 10.4. The average molecular weight is 1030 g/mol. The first-order valence-corrected chi connectivity index (χ1v) is 25.8. The Morgan fingerprint density at radius 1 is 0.436 bits per heavy atom. The molecule has 0 aliphatic carbocycles. The van der Waals surface area contributed by atoms with E-state index in [9.17, 15) is 0 Å². The average Bonchev–Trinajstić information content (AvgIpc) is 1.73. The quantitative estimate of drug-likeness (QED) is 0.115. The number of ether oxygens (including phenoxy) is 2. The zero-order valence-electron chi connectivity index (χ0n) is 58.1. The first-order chi connectivity index (χ1) is 44.5. The Hall–Kier alpha value is -9.65. The Balaban J connectivity index is 0.894. The Morgan fingerprint density at radius 3 is 1.63 bits per heavy atom. The molecular formula is C72H58N4O2. The van der Waals surface area contributed by atoms with Gasteiger partial charge in [-0.05, 0) is 93.7 Å². The molecule has 13 rings (SSSR count). The molecule has 0 saturated heterocycles. The number of nitrogens with zero attached hydrogens (tertiary/aromatic N) is 4. The molecule has 0 bridgehead atoms. The van der Waals surface area contributed by atoms with Gasteiger partial charge < -0.3 is 19.3 Å². The maximum absolute atomic E-state index is 9.12. The first kappa shape index (κ1) is 34.1. The molecule has 1 aliphatic rings. The SMILES string of the molecule is [2H]c1c([2H])c([2H])c(-c2cccc(-c3cc(C(C)C)cc(C(C)C)c3)c2Oc2ccnc(-n3c4ccccc4c4ccc(Oc5cccc(N6CN(c7c(-c8c([2H])c([2H])c([2H])c([2H])c8[2H])cccc7-c7c([2H])c([2H])c([2H])c([2H])c7[2H])c7ccccc76)c5)cc43)c2)c([2H])c1[2H]. The van der Waals surface area contributed by atoms with E-state index in [2.05, 4.69) is 45.9 Å². The minimum atomic E-state index is -0.579. The molecule has 3 heterocycles. The van der Waals surface area contributed by atoms with E-state index in [0.29, 0.717) is 57.0 Å².